The van der Waals surface area contributed by atoms with Gasteiger partial charge in [0.15, 0.2) is 0 Å². The summed E-state index contributed by atoms with van der Waals surface area (Å²) in [5.41, 5.74) is -1.22. The number of carboxylic acids is 1. The van der Waals surface area contributed by atoms with Gasteiger partial charge in [-0.25, -0.2) is 8.42 Å². The summed E-state index contributed by atoms with van der Waals surface area (Å²) in [6, 6.07) is 3.95. The quantitative estimate of drug-likeness (QED) is 0.820. The molecule has 0 aliphatic carbocycles. The van der Waals surface area contributed by atoms with Crippen molar-refractivity contribution in [1.82, 2.24) is 4.31 Å². The average Bonchev–Trinajstić information content (AvgIpc) is 2.46. The van der Waals surface area contributed by atoms with E-state index >= 15 is 0 Å². The van der Waals surface area contributed by atoms with Crippen molar-refractivity contribution in [3.05, 3.63) is 29.8 Å². The number of alkyl halides is 3. The maximum absolute atomic E-state index is 12.9. The maximum Gasteiger partial charge on any atom is 0.417 e. The van der Waals surface area contributed by atoms with Gasteiger partial charge in [0.05, 0.1) is 10.5 Å². The number of nitrogens with zero attached hydrogens (tertiary/aromatic N) is 1. The number of carboxylic acid groups (broad SMARTS) is 1. The van der Waals surface area contributed by atoms with E-state index in [4.69, 9.17) is 0 Å². The molecule has 0 N–H and O–H groups in total. The van der Waals surface area contributed by atoms with E-state index in [0.717, 1.165) is 16.4 Å². The molecular formula is C13H13F3NO4S-. The van der Waals surface area contributed by atoms with E-state index in [9.17, 15) is 31.5 Å². The number of piperidine rings is 1. The third kappa shape index (κ3) is 3.25. The molecule has 0 radical (unpaired) electrons. The van der Waals surface area contributed by atoms with Crippen molar-refractivity contribution in [1.29, 1.82) is 0 Å². The topological polar surface area (TPSA) is 77.5 Å². The van der Waals surface area contributed by atoms with Crippen LogP contribution in [0.1, 0.15) is 18.4 Å². The Morgan fingerprint density at radius 1 is 1.18 bits per heavy atom. The molecule has 1 aliphatic heterocycles. The van der Waals surface area contributed by atoms with Gasteiger partial charge in [0.1, 0.15) is 0 Å². The second kappa shape index (κ2) is 5.88. The van der Waals surface area contributed by atoms with Crippen molar-refractivity contribution in [2.45, 2.75) is 23.9 Å². The fourth-order valence-corrected chi connectivity index (χ4v) is 4.08. The molecule has 1 heterocycles. The van der Waals surface area contributed by atoms with Gasteiger partial charge >= 0.3 is 6.18 Å². The summed E-state index contributed by atoms with van der Waals surface area (Å²) in [7, 11) is -4.32. The zero-order chi connectivity index (χ0) is 16.5. The number of aliphatic carboxylic acids is 1. The Labute approximate surface area is 125 Å². The molecule has 0 aromatic heterocycles. The van der Waals surface area contributed by atoms with Crippen LogP contribution in [0, 0.1) is 5.92 Å². The van der Waals surface area contributed by atoms with Crippen LogP contribution >= 0.6 is 0 Å². The molecule has 0 bridgehead atoms. The van der Waals surface area contributed by atoms with E-state index in [1.807, 2.05) is 0 Å². The van der Waals surface area contributed by atoms with Gasteiger partial charge in [0.25, 0.3) is 0 Å². The second-order valence-electron chi connectivity index (χ2n) is 4.99. The minimum Gasteiger partial charge on any atom is -0.550 e. The lowest BCUT2D eigenvalue weighted by Crippen LogP contribution is -2.43. The molecule has 9 heteroatoms. The first kappa shape index (κ1) is 16.8. The molecule has 0 saturated carbocycles. The number of rotatable bonds is 3. The molecule has 0 amide bonds. The Balaban J connectivity index is 2.31. The SMILES string of the molecule is O=C([O-])C1CCN(S(=O)(=O)c2ccccc2C(F)(F)F)CC1. The van der Waals surface area contributed by atoms with Crippen molar-refractivity contribution < 1.29 is 31.5 Å². The highest BCUT2D eigenvalue weighted by atomic mass is 32.2. The van der Waals surface area contributed by atoms with Gasteiger partial charge in [-0.1, -0.05) is 12.1 Å². The van der Waals surface area contributed by atoms with Crippen LogP contribution in [0.5, 0.6) is 0 Å². The largest absolute Gasteiger partial charge is 0.550 e. The summed E-state index contributed by atoms with van der Waals surface area (Å²) in [5.74, 6) is -2.04. The molecule has 5 nitrogen and oxygen atoms in total. The minimum absolute atomic E-state index is 0.0236. The Morgan fingerprint density at radius 2 is 1.73 bits per heavy atom. The Kier molecular flexibility index (Phi) is 4.48. The van der Waals surface area contributed by atoms with Crippen LogP contribution in [0.15, 0.2) is 29.2 Å². The monoisotopic (exact) mass is 336 g/mol. The molecule has 22 heavy (non-hydrogen) atoms. The Bertz CT molecular complexity index is 664. The third-order valence-electron chi connectivity index (χ3n) is 3.60. The van der Waals surface area contributed by atoms with Crippen molar-refractivity contribution in [2.24, 2.45) is 5.92 Å². The van der Waals surface area contributed by atoms with Crippen LogP contribution in [0.3, 0.4) is 0 Å². The molecule has 1 saturated heterocycles. The van der Waals surface area contributed by atoms with Gasteiger partial charge in [-0.3, -0.25) is 0 Å². The third-order valence-corrected chi connectivity index (χ3v) is 5.55. The van der Waals surface area contributed by atoms with Crippen LogP contribution < -0.4 is 5.11 Å². The Morgan fingerprint density at radius 3 is 2.23 bits per heavy atom. The molecule has 2 rings (SSSR count). The molecule has 1 fully saturated rings. The number of benzene rings is 1. The molecule has 1 aliphatic rings. The number of hydrogen-bond donors (Lipinski definition) is 0. The van der Waals surface area contributed by atoms with Crippen molar-refractivity contribution in [3.63, 3.8) is 0 Å². The summed E-state index contributed by atoms with van der Waals surface area (Å²) >= 11 is 0. The summed E-state index contributed by atoms with van der Waals surface area (Å²) < 4.78 is 64.5. The lowest BCUT2D eigenvalue weighted by molar-refractivity contribution is -0.312. The van der Waals surface area contributed by atoms with Crippen LogP contribution in [-0.2, 0) is 21.0 Å². The predicted octanol–water partition coefficient (Wildman–Crippen LogP) is 0.856. The molecule has 1 aromatic rings. The normalized spacial score (nSPS) is 18.3. The number of hydrogen-bond acceptors (Lipinski definition) is 4. The average molecular weight is 336 g/mol. The van der Waals surface area contributed by atoms with E-state index in [-0.39, 0.29) is 25.9 Å². The second-order valence-corrected chi connectivity index (χ2v) is 6.90. The molecule has 0 atom stereocenters. The fraction of sp³-hybridized carbons (Fsp3) is 0.462. The lowest BCUT2D eigenvalue weighted by Gasteiger charge is -2.32. The molecule has 0 unspecified atom stereocenters. The fourth-order valence-electron chi connectivity index (χ4n) is 2.40. The van der Waals surface area contributed by atoms with E-state index < -0.39 is 38.5 Å². The minimum atomic E-state index is -4.78. The smallest absolute Gasteiger partial charge is 0.417 e. The highest BCUT2D eigenvalue weighted by Gasteiger charge is 2.39. The zero-order valence-corrected chi connectivity index (χ0v) is 12.2. The van der Waals surface area contributed by atoms with E-state index in [1.54, 1.807) is 0 Å². The van der Waals surface area contributed by atoms with Gasteiger partial charge in [-0.05, 0) is 25.0 Å². The van der Waals surface area contributed by atoms with Crippen LogP contribution in [0.4, 0.5) is 13.2 Å². The molecular weight excluding hydrogens is 323 g/mol. The summed E-state index contributed by atoms with van der Waals surface area (Å²) in [6.07, 6.45) is -4.74. The number of carbonyl (C=O) groups is 1. The van der Waals surface area contributed by atoms with Gasteiger partial charge < -0.3 is 9.90 Å². The highest BCUT2D eigenvalue weighted by Crippen LogP contribution is 2.35. The van der Waals surface area contributed by atoms with Gasteiger partial charge in [0, 0.05) is 25.0 Å². The highest BCUT2D eigenvalue weighted by molar-refractivity contribution is 7.89. The van der Waals surface area contributed by atoms with Crippen molar-refractivity contribution in [2.75, 3.05) is 13.1 Å². The predicted molar refractivity (Wildman–Crippen MR) is 67.9 cm³/mol. The summed E-state index contributed by atoms with van der Waals surface area (Å²) in [5, 5.41) is 10.7. The number of carbonyl (C=O) groups excluding carboxylic acids is 1. The van der Waals surface area contributed by atoms with Gasteiger partial charge in [-0.15, -0.1) is 0 Å². The van der Waals surface area contributed by atoms with Crippen molar-refractivity contribution in [3.8, 4) is 0 Å². The van der Waals surface area contributed by atoms with Crippen LogP contribution in [0.25, 0.3) is 0 Å². The number of halogens is 3. The van der Waals surface area contributed by atoms with Gasteiger partial charge in [0.2, 0.25) is 10.0 Å². The number of sulfonamides is 1. The molecule has 0 spiro atoms. The van der Waals surface area contributed by atoms with Crippen LogP contribution in [-0.4, -0.2) is 31.8 Å². The summed E-state index contributed by atoms with van der Waals surface area (Å²) in [4.78, 5) is 9.93. The van der Waals surface area contributed by atoms with Crippen molar-refractivity contribution >= 4 is 16.0 Å². The first-order valence-corrected chi connectivity index (χ1v) is 7.95. The maximum atomic E-state index is 12.9. The summed E-state index contributed by atoms with van der Waals surface area (Å²) in [6.45, 7) is -0.291. The first-order valence-electron chi connectivity index (χ1n) is 6.51. The molecule has 122 valence electrons. The van der Waals surface area contributed by atoms with Gasteiger partial charge in [-0.2, -0.15) is 17.5 Å². The first-order chi connectivity index (χ1) is 10.1. The van der Waals surface area contributed by atoms with E-state index in [2.05, 4.69) is 0 Å². The van der Waals surface area contributed by atoms with E-state index in [0.29, 0.717) is 6.07 Å². The zero-order valence-electron chi connectivity index (χ0n) is 11.3. The molecule has 1 aromatic carbocycles. The lowest BCUT2D eigenvalue weighted by atomic mass is 9.99. The standard InChI is InChI=1S/C13H14F3NO4S/c14-13(15,16)10-3-1-2-4-11(10)22(20,21)17-7-5-9(6-8-17)12(18)19/h1-4,9H,5-8H2,(H,18,19)/p-1. The van der Waals surface area contributed by atoms with E-state index in [1.165, 1.54) is 6.07 Å². The Hall–Kier alpha value is -1.61. The van der Waals surface area contributed by atoms with Crippen LogP contribution in [0.2, 0.25) is 0 Å².